The van der Waals surface area contributed by atoms with Crippen LogP contribution in [-0.4, -0.2) is 58.8 Å². The number of aromatic nitrogens is 2. The van der Waals surface area contributed by atoms with E-state index in [4.69, 9.17) is 4.74 Å². The van der Waals surface area contributed by atoms with Crippen molar-refractivity contribution in [2.45, 2.75) is 19.1 Å². The van der Waals surface area contributed by atoms with Crippen molar-refractivity contribution in [3.05, 3.63) is 60.2 Å². The molecule has 0 aliphatic heterocycles. The van der Waals surface area contributed by atoms with Crippen LogP contribution in [0.2, 0.25) is 0 Å². The summed E-state index contributed by atoms with van der Waals surface area (Å²) in [6, 6.07) is 10.3. The third-order valence-corrected chi connectivity index (χ3v) is 3.55. The Labute approximate surface area is 151 Å². The van der Waals surface area contributed by atoms with Crippen LogP contribution in [0.1, 0.15) is 27.9 Å². The number of nitrogens with zero attached hydrogens (tertiary/aromatic N) is 2. The van der Waals surface area contributed by atoms with Gasteiger partial charge in [0.25, 0.3) is 11.8 Å². The molecule has 2 amide bonds. The van der Waals surface area contributed by atoms with Crippen LogP contribution >= 0.6 is 0 Å². The molecule has 2 rings (SSSR count). The minimum absolute atomic E-state index is 0.00387. The number of hydrogen-bond acceptors (Lipinski definition) is 6. The minimum Gasteiger partial charge on any atom is -0.388 e. The maximum atomic E-state index is 12.0. The average Bonchev–Trinajstić information content (AvgIpc) is 2.70. The molecule has 8 nitrogen and oxygen atoms in total. The first-order chi connectivity index (χ1) is 12.6. The van der Waals surface area contributed by atoms with Gasteiger partial charge in [0.2, 0.25) is 5.82 Å². The summed E-state index contributed by atoms with van der Waals surface area (Å²) >= 11 is 0. The zero-order chi connectivity index (χ0) is 18.8. The van der Waals surface area contributed by atoms with Gasteiger partial charge in [-0.1, -0.05) is 18.2 Å². The summed E-state index contributed by atoms with van der Waals surface area (Å²) in [7, 11) is 0. The molecule has 1 heterocycles. The molecule has 2 aromatic rings. The van der Waals surface area contributed by atoms with Crippen molar-refractivity contribution < 1.29 is 19.4 Å². The van der Waals surface area contributed by atoms with Gasteiger partial charge in [0.15, 0.2) is 0 Å². The number of carbonyl (C=O) groups excluding carboxylic acids is 2. The van der Waals surface area contributed by atoms with Crippen LogP contribution in [-0.2, 0) is 4.74 Å². The largest absolute Gasteiger partial charge is 0.388 e. The Balaban J connectivity index is 1.85. The summed E-state index contributed by atoms with van der Waals surface area (Å²) in [6.45, 7) is 2.19. The maximum absolute atomic E-state index is 12.0. The number of aliphatic hydroxyl groups excluding tert-OH is 1. The number of hydrogen-bond donors (Lipinski definition) is 3. The second-order valence-corrected chi connectivity index (χ2v) is 5.42. The van der Waals surface area contributed by atoms with Crippen molar-refractivity contribution in [3.8, 4) is 0 Å². The summed E-state index contributed by atoms with van der Waals surface area (Å²) < 4.78 is 5.47. The Morgan fingerprint density at radius 3 is 2.35 bits per heavy atom. The Bertz CT molecular complexity index is 697. The molecule has 0 spiro atoms. The number of rotatable bonds is 9. The highest BCUT2D eigenvalue weighted by Crippen LogP contribution is 2.02. The fourth-order valence-electron chi connectivity index (χ4n) is 2.23. The lowest BCUT2D eigenvalue weighted by atomic mass is 10.1. The van der Waals surface area contributed by atoms with Crippen LogP contribution in [0.5, 0.6) is 0 Å². The molecule has 1 aromatic heterocycles. The normalized spacial score (nSPS) is 12.8. The smallest absolute Gasteiger partial charge is 0.289 e. The topological polar surface area (TPSA) is 113 Å². The first kappa shape index (κ1) is 19.5. The van der Waals surface area contributed by atoms with E-state index in [0.29, 0.717) is 12.2 Å². The average molecular weight is 358 g/mol. The van der Waals surface area contributed by atoms with E-state index in [1.54, 1.807) is 37.3 Å². The molecule has 0 aliphatic carbocycles. The van der Waals surface area contributed by atoms with Crippen LogP contribution < -0.4 is 10.6 Å². The molecule has 8 heteroatoms. The van der Waals surface area contributed by atoms with E-state index < -0.39 is 18.1 Å². The van der Waals surface area contributed by atoms with Gasteiger partial charge in [0.1, 0.15) is 6.10 Å². The van der Waals surface area contributed by atoms with E-state index in [9.17, 15) is 14.7 Å². The van der Waals surface area contributed by atoms with E-state index in [0.717, 1.165) is 0 Å². The second kappa shape index (κ2) is 10.2. The molecule has 0 radical (unpaired) electrons. The minimum atomic E-state index is -0.986. The molecule has 138 valence electrons. The molecule has 0 saturated carbocycles. The van der Waals surface area contributed by atoms with Crippen molar-refractivity contribution in [1.82, 2.24) is 20.6 Å². The molecule has 26 heavy (non-hydrogen) atoms. The fraction of sp³-hybridized carbons (Fsp3) is 0.333. The number of nitrogens with one attached hydrogen (secondary N) is 2. The number of amides is 2. The van der Waals surface area contributed by atoms with Crippen molar-refractivity contribution in [3.63, 3.8) is 0 Å². The number of ether oxygens (including phenoxy) is 1. The van der Waals surface area contributed by atoms with Gasteiger partial charge in [-0.2, -0.15) is 0 Å². The molecule has 0 fully saturated rings. The highest BCUT2D eigenvalue weighted by atomic mass is 16.5. The van der Waals surface area contributed by atoms with Gasteiger partial charge < -0.3 is 20.5 Å². The van der Waals surface area contributed by atoms with Crippen LogP contribution in [0.15, 0.2) is 48.8 Å². The molecule has 3 N–H and O–H groups in total. The van der Waals surface area contributed by atoms with E-state index in [1.165, 1.54) is 12.4 Å². The Hall–Kier alpha value is -2.84. The van der Waals surface area contributed by atoms with E-state index in [-0.39, 0.29) is 24.8 Å². The van der Waals surface area contributed by atoms with Crippen molar-refractivity contribution in [2.75, 3.05) is 19.7 Å². The van der Waals surface area contributed by atoms with Gasteiger partial charge in [0.05, 0.1) is 6.10 Å². The molecular weight excluding hydrogens is 336 g/mol. The second-order valence-electron chi connectivity index (χ2n) is 5.42. The molecule has 1 aromatic carbocycles. The molecule has 2 atom stereocenters. The quantitative estimate of drug-likeness (QED) is 0.598. The maximum Gasteiger partial charge on any atom is 0.289 e. The molecular formula is C18H22N4O4. The Kier molecular flexibility index (Phi) is 7.66. The highest BCUT2D eigenvalue weighted by molar-refractivity contribution is 5.94. The van der Waals surface area contributed by atoms with E-state index in [1.807, 2.05) is 6.07 Å². The predicted octanol–water partition coefficient (Wildman–Crippen LogP) is 0.402. The lowest BCUT2D eigenvalue weighted by Crippen LogP contribution is -2.46. The third kappa shape index (κ3) is 5.91. The lowest BCUT2D eigenvalue weighted by molar-refractivity contribution is -0.0287. The zero-order valence-electron chi connectivity index (χ0n) is 14.5. The highest BCUT2D eigenvalue weighted by Gasteiger charge is 2.22. The summed E-state index contributed by atoms with van der Waals surface area (Å²) in [4.78, 5) is 31.7. The molecule has 0 aliphatic rings. The van der Waals surface area contributed by atoms with Crippen LogP contribution in [0.4, 0.5) is 0 Å². The summed E-state index contributed by atoms with van der Waals surface area (Å²) in [5.74, 6) is -0.716. The SMILES string of the molecule is CCO[C@H](CNC(=O)c1ncccn1)[C@@H](O)CNC(=O)c1ccccc1. The van der Waals surface area contributed by atoms with Crippen molar-refractivity contribution in [1.29, 1.82) is 0 Å². The Morgan fingerprint density at radius 2 is 1.69 bits per heavy atom. The van der Waals surface area contributed by atoms with Crippen LogP contribution in [0, 0.1) is 0 Å². The first-order valence-corrected chi connectivity index (χ1v) is 8.30. The van der Waals surface area contributed by atoms with Crippen molar-refractivity contribution in [2.24, 2.45) is 0 Å². The summed E-state index contributed by atoms with van der Waals surface area (Å²) in [5, 5.41) is 15.6. The number of aliphatic hydroxyl groups is 1. The van der Waals surface area contributed by atoms with Gasteiger partial charge in [-0.05, 0) is 25.1 Å². The monoisotopic (exact) mass is 358 g/mol. The lowest BCUT2D eigenvalue weighted by Gasteiger charge is -2.23. The van der Waals surface area contributed by atoms with Gasteiger partial charge in [0, 0.05) is 37.7 Å². The standard InChI is InChI=1S/C18H22N4O4/c1-2-26-15(12-22-18(25)16-19-9-6-10-20-16)14(23)11-21-17(24)13-7-4-3-5-8-13/h3-10,14-15,23H,2,11-12H2,1H3,(H,21,24)(H,22,25)/t14-,15+/m0/s1. The Morgan fingerprint density at radius 1 is 1.04 bits per heavy atom. The van der Waals surface area contributed by atoms with Gasteiger partial charge in [-0.15, -0.1) is 0 Å². The number of carbonyl (C=O) groups is 2. The third-order valence-electron chi connectivity index (χ3n) is 3.55. The molecule has 0 unspecified atom stereocenters. The number of benzene rings is 1. The zero-order valence-corrected chi connectivity index (χ0v) is 14.5. The van der Waals surface area contributed by atoms with Gasteiger partial charge in [-0.25, -0.2) is 9.97 Å². The molecule has 0 bridgehead atoms. The van der Waals surface area contributed by atoms with Crippen LogP contribution in [0.3, 0.4) is 0 Å². The summed E-state index contributed by atoms with van der Waals surface area (Å²) in [5.41, 5.74) is 0.502. The summed E-state index contributed by atoms with van der Waals surface area (Å²) in [6.07, 6.45) is 1.27. The van der Waals surface area contributed by atoms with Crippen molar-refractivity contribution >= 4 is 11.8 Å². The van der Waals surface area contributed by atoms with Crippen LogP contribution in [0.25, 0.3) is 0 Å². The van der Waals surface area contributed by atoms with Gasteiger partial charge in [-0.3, -0.25) is 9.59 Å². The first-order valence-electron chi connectivity index (χ1n) is 8.30. The van der Waals surface area contributed by atoms with E-state index >= 15 is 0 Å². The predicted molar refractivity (Wildman–Crippen MR) is 94.6 cm³/mol. The molecule has 0 saturated heterocycles. The fourth-order valence-corrected chi connectivity index (χ4v) is 2.23. The van der Waals surface area contributed by atoms with Gasteiger partial charge >= 0.3 is 0 Å². The van der Waals surface area contributed by atoms with E-state index in [2.05, 4.69) is 20.6 Å².